The lowest BCUT2D eigenvalue weighted by atomic mass is 10.1. The fourth-order valence-electron chi connectivity index (χ4n) is 2.87. The first-order valence-electron chi connectivity index (χ1n) is 9.49. The number of ether oxygens (including phenoxy) is 3. The zero-order chi connectivity index (χ0) is 23.1. The van der Waals surface area contributed by atoms with E-state index in [0.29, 0.717) is 23.6 Å². The molecule has 0 aliphatic carbocycles. The maximum atomic E-state index is 12.0. The molecule has 1 aromatic heterocycles. The maximum absolute atomic E-state index is 12.0. The van der Waals surface area contributed by atoms with Crippen molar-refractivity contribution < 1.29 is 19.1 Å². The van der Waals surface area contributed by atoms with Crippen LogP contribution in [0.25, 0.3) is 11.3 Å². The second kappa shape index (κ2) is 10.1. The van der Waals surface area contributed by atoms with Crippen molar-refractivity contribution in [1.29, 1.82) is 0 Å². The van der Waals surface area contributed by atoms with Gasteiger partial charge in [0.1, 0.15) is 5.75 Å². The summed E-state index contributed by atoms with van der Waals surface area (Å²) in [6, 6.07) is 11.3. The summed E-state index contributed by atoms with van der Waals surface area (Å²) in [4.78, 5) is 29.7. The molecule has 2 aromatic carbocycles. The number of rotatable bonds is 9. The zero-order valence-corrected chi connectivity index (χ0v) is 17.6. The van der Waals surface area contributed by atoms with Crippen LogP contribution in [0.2, 0.25) is 0 Å². The summed E-state index contributed by atoms with van der Waals surface area (Å²) in [6.45, 7) is 2.06. The van der Waals surface area contributed by atoms with Gasteiger partial charge < -0.3 is 14.2 Å². The lowest BCUT2D eigenvalue weighted by molar-refractivity contribution is -0.385. The molecule has 0 atom stereocenters. The van der Waals surface area contributed by atoms with E-state index in [4.69, 9.17) is 14.2 Å². The molecule has 0 saturated heterocycles. The molecule has 11 heteroatoms. The van der Waals surface area contributed by atoms with Crippen molar-refractivity contribution in [3.8, 4) is 28.5 Å². The predicted octanol–water partition coefficient (Wildman–Crippen LogP) is 3.21. The molecule has 0 unspecified atom stereocenters. The van der Waals surface area contributed by atoms with Crippen molar-refractivity contribution in [2.45, 2.75) is 6.92 Å². The van der Waals surface area contributed by atoms with Gasteiger partial charge >= 0.3 is 5.69 Å². The highest BCUT2D eigenvalue weighted by Crippen LogP contribution is 2.37. The van der Waals surface area contributed by atoms with Crippen LogP contribution in [0.15, 0.2) is 52.4 Å². The largest absolute Gasteiger partial charge is 0.497 e. The molecular formula is C21H21N5O6. The second-order valence-corrected chi connectivity index (χ2v) is 6.34. The maximum Gasteiger partial charge on any atom is 0.315 e. The average Bonchev–Trinajstić information content (AvgIpc) is 2.78. The first-order chi connectivity index (χ1) is 15.4. The van der Waals surface area contributed by atoms with Gasteiger partial charge in [-0.2, -0.15) is 5.10 Å². The molecule has 0 spiro atoms. The number of methoxy groups -OCH3 is 2. The first-order valence-corrected chi connectivity index (χ1v) is 9.49. The highest BCUT2D eigenvalue weighted by Gasteiger charge is 2.21. The Balaban J connectivity index is 1.86. The van der Waals surface area contributed by atoms with Gasteiger partial charge in [0.05, 0.1) is 37.7 Å². The monoisotopic (exact) mass is 439 g/mol. The van der Waals surface area contributed by atoms with Gasteiger partial charge in [-0.3, -0.25) is 19.9 Å². The van der Waals surface area contributed by atoms with Crippen molar-refractivity contribution >= 4 is 17.9 Å². The standard InChI is InChI=1S/C21H21N5O6/c1-4-32-18-10-13(9-17(26(28)29)20(18)31-3)12-22-25-21-23-16(11-19(27)24-21)14-5-7-15(30-2)8-6-14/h5-12H,4H2,1-3H3,(H2,23,24,25,27)/b22-12-. The molecule has 3 rings (SSSR count). The number of hydrazone groups is 1. The topological polar surface area (TPSA) is 141 Å². The molecule has 2 N–H and O–H groups in total. The van der Waals surface area contributed by atoms with Crippen LogP contribution < -0.4 is 25.2 Å². The Hall–Kier alpha value is -4.41. The van der Waals surface area contributed by atoms with Crippen LogP contribution in [0.3, 0.4) is 0 Å². The average molecular weight is 439 g/mol. The van der Waals surface area contributed by atoms with E-state index in [1.54, 1.807) is 44.4 Å². The van der Waals surface area contributed by atoms with Crippen molar-refractivity contribution in [2.24, 2.45) is 5.10 Å². The highest BCUT2D eigenvalue weighted by atomic mass is 16.6. The molecule has 0 amide bonds. The number of hydrogen-bond donors (Lipinski definition) is 2. The highest BCUT2D eigenvalue weighted by molar-refractivity contribution is 5.83. The first kappa shape index (κ1) is 22.3. The number of nitro groups is 1. The van der Waals surface area contributed by atoms with Gasteiger partial charge in [0.2, 0.25) is 11.7 Å². The van der Waals surface area contributed by atoms with Crippen LogP contribution in [-0.4, -0.2) is 41.9 Å². The number of aromatic nitrogens is 2. The van der Waals surface area contributed by atoms with Gasteiger partial charge in [0.15, 0.2) is 5.75 Å². The third-order valence-electron chi connectivity index (χ3n) is 4.27. The Morgan fingerprint density at radius 2 is 1.94 bits per heavy atom. The van der Waals surface area contributed by atoms with E-state index in [9.17, 15) is 14.9 Å². The molecule has 0 bridgehead atoms. The number of benzene rings is 2. The van der Waals surface area contributed by atoms with Crippen LogP contribution in [0.1, 0.15) is 12.5 Å². The van der Waals surface area contributed by atoms with Crippen LogP contribution in [0.5, 0.6) is 17.2 Å². The molecule has 3 aromatic rings. The quantitative estimate of drug-likeness (QED) is 0.294. The number of nitrogens with one attached hydrogen (secondary N) is 2. The number of anilines is 1. The Morgan fingerprint density at radius 3 is 2.56 bits per heavy atom. The lowest BCUT2D eigenvalue weighted by Gasteiger charge is -2.10. The predicted molar refractivity (Wildman–Crippen MR) is 119 cm³/mol. The minimum Gasteiger partial charge on any atom is -0.497 e. The Bertz CT molecular complexity index is 1190. The van der Waals surface area contributed by atoms with Crippen molar-refractivity contribution in [1.82, 2.24) is 9.97 Å². The van der Waals surface area contributed by atoms with Crippen molar-refractivity contribution in [2.75, 3.05) is 26.3 Å². The Kier molecular flexibility index (Phi) is 7.01. The van der Waals surface area contributed by atoms with Gasteiger partial charge in [-0.15, -0.1) is 0 Å². The molecule has 166 valence electrons. The number of nitro benzene ring substituents is 1. The zero-order valence-electron chi connectivity index (χ0n) is 17.6. The Labute approximate surface area is 182 Å². The van der Waals surface area contributed by atoms with E-state index >= 15 is 0 Å². The van der Waals surface area contributed by atoms with Crippen LogP contribution in [-0.2, 0) is 0 Å². The van der Waals surface area contributed by atoms with Crippen LogP contribution >= 0.6 is 0 Å². The number of aromatic amines is 1. The van der Waals surface area contributed by atoms with Gasteiger partial charge in [0, 0.05) is 23.3 Å². The van der Waals surface area contributed by atoms with Crippen LogP contribution in [0.4, 0.5) is 11.6 Å². The molecule has 0 aliphatic heterocycles. The van der Waals surface area contributed by atoms with E-state index in [0.717, 1.165) is 5.56 Å². The molecular weight excluding hydrogens is 418 g/mol. The molecule has 0 fully saturated rings. The summed E-state index contributed by atoms with van der Waals surface area (Å²) < 4.78 is 15.7. The summed E-state index contributed by atoms with van der Waals surface area (Å²) in [7, 11) is 2.90. The minimum absolute atomic E-state index is 0.0279. The molecule has 32 heavy (non-hydrogen) atoms. The third kappa shape index (κ3) is 5.19. The number of H-pyrrole nitrogens is 1. The van der Waals surface area contributed by atoms with Crippen molar-refractivity contribution in [3.63, 3.8) is 0 Å². The SMILES string of the molecule is CCOc1cc(/C=N\Nc2nc(-c3ccc(OC)cc3)cc(=O)[nH]2)cc([N+](=O)[O-])c1OC. The number of hydrogen-bond acceptors (Lipinski definition) is 9. The third-order valence-corrected chi connectivity index (χ3v) is 4.27. The normalized spacial score (nSPS) is 10.7. The van der Waals surface area contributed by atoms with E-state index in [2.05, 4.69) is 20.5 Å². The van der Waals surface area contributed by atoms with E-state index in [-0.39, 0.29) is 28.7 Å². The van der Waals surface area contributed by atoms with E-state index in [1.165, 1.54) is 25.5 Å². The fraction of sp³-hybridized carbons (Fsp3) is 0.190. The second-order valence-electron chi connectivity index (χ2n) is 6.34. The van der Waals surface area contributed by atoms with Gasteiger partial charge in [-0.05, 0) is 37.3 Å². The lowest BCUT2D eigenvalue weighted by Crippen LogP contribution is -2.10. The molecule has 1 heterocycles. The van der Waals surface area contributed by atoms with Gasteiger partial charge in [0.25, 0.3) is 5.56 Å². The van der Waals surface area contributed by atoms with Gasteiger partial charge in [-0.1, -0.05) is 0 Å². The summed E-state index contributed by atoms with van der Waals surface area (Å²) >= 11 is 0. The van der Waals surface area contributed by atoms with Crippen LogP contribution in [0, 0.1) is 10.1 Å². The van der Waals surface area contributed by atoms with Gasteiger partial charge in [-0.25, -0.2) is 10.4 Å². The van der Waals surface area contributed by atoms with E-state index < -0.39 is 4.92 Å². The molecule has 0 saturated carbocycles. The molecule has 0 radical (unpaired) electrons. The minimum atomic E-state index is -0.566. The fourth-order valence-corrected chi connectivity index (χ4v) is 2.87. The molecule has 11 nitrogen and oxygen atoms in total. The van der Waals surface area contributed by atoms with E-state index in [1.807, 2.05) is 0 Å². The summed E-state index contributed by atoms with van der Waals surface area (Å²) in [5.41, 5.74) is 3.55. The summed E-state index contributed by atoms with van der Waals surface area (Å²) in [6.07, 6.45) is 1.34. The smallest absolute Gasteiger partial charge is 0.315 e. The Morgan fingerprint density at radius 1 is 1.19 bits per heavy atom. The summed E-state index contributed by atoms with van der Waals surface area (Å²) in [5, 5.41) is 15.4. The van der Waals surface area contributed by atoms with Crippen molar-refractivity contribution in [3.05, 3.63) is 68.5 Å². The summed E-state index contributed by atoms with van der Waals surface area (Å²) in [5.74, 6) is 1.04. The number of nitrogens with zero attached hydrogens (tertiary/aromatic N) is 3. The molecule has 0 aliphatic rings.